The lowest BCUT2D eigenvalue weighted by Gasteiger charge is -2.29. The number of hydrogen-bond donors (Lipinski definition) is 1. The highest BCUT2D eigenvalue weighted by molar-refractivity contribution is 5.94. The second-order valence-electron chi connectivity index (χ2n) is 6.79. The van der Waals surface area contributed by atoms with Gasteiger partial charge < -0.3 is 10.1 Å². The van der Waals surface area contributed by atoms with Gasteiger partial charge in [0.25, 0.3) is 5.91 Å². The van der Waals surface area contributed by atoms with Crippen molar-refractivity contribution in [2.24, 2.45) is 0 Å². The van der Waals surface area contributed by atoms with E-state index >= 15 is 0 Å². The molecule has 1 aliphatic heterocycles. The van der Waals surface area contributed by atoms with Crippen molar-refractivity contribution in [1.29, 1.82) is 0 Å². The van der Waals surface area contributed by atoms with Crippen LogP contribution in [0.15, 0.2) is 48.5 Å². The Morgan fingerprint density at radius 3 is 2.54 bits per heavy atom. The first-order valence-corrected chi connectivity index (χ1v) is 9.22. The highest BCUT2D eigenvalue weighted by Gasteiger charge is 2.31. The normalized spacial score (nSPS) is 16.0. The number of rotatable bonds is 6. The maximum absolute atomic E-state index is 12.9. The van der Waals surface area contributed by atoms with Crippen LogP contribution in [-0.2, 0) is 6.18 Å². The van der Waals surface area contributed by atoms with Crippen molar-refractivity contribution in [3.63, 3.8) is 0 Å². The zero-order valence-corrected chi connectivity index (χ0v) is 15.6. The van der Waals surface area contributed by atoms with Crippen LogP contribution < -0.4 is 10.1 Å². The summed E-state index contributed by atoms with van der Waals surface area (Å²) < 4.78 is 44.2. The lowest BCUT2D eigenvalue weighted by atomic mass is 10.0. The standard InChI is InChI=1S/C21H23F3N2O2/c1-28-19-10-3-2-9-17(19)18(26-11-4-5-12-26)14-25-20(27)15-7-6-8-16(13-15)21(22,23)24/h2-3,6-10,13,18H,4-5,11-12,14H2,1H3,(H,25,27). The first-order valence-electron chi connectivity index (χ1n) is 9.22. The van der Waals surface area contributed by atoms with Gasteiger partial charge in [-0.1, -0.05) is 24.3 Å². The Kier molecular flexibility index (Phi) is 6.24. The highest BCUT2D eigenvalue weighted by atomic mass is 19.4. The first kappa shape index (κ1) is 20.2. The van der Waals surface area contributed by atoms with E-state index in [1.165, 1.54) is 12.1 Å². The number of para-hydroxylation sites is 1. The molecule has 0 radical (unpaired) electrons. The quantitative estimate of drug-likeness (QED) is 0.798. The van der Waals surface area contributed by atoms with Crippen molar-refractivity contribution in [1.82, 2.24) is 10.2 Å². The van der Waals surface area contributed by atoms with E-state index in [0.717, 1.165) is 49.4 Å². The largest absolute Gasteiger partial charge is 0.496 e. The number of alkyl halides is 3. The van der Waals surface area contributed by atoms with E-state index in [1.54, 1.807) is 7.11 Å². The van der Waals surface area contributed by atoms with Crippen LogP contribution in [0.4, 0.5) is 13.2 Å². The van der Waals surface area contributed by atoms with Crippen molar-refractivity contribution in [2.45, 2.75) is 25.1 Å². The van der Waals surface area contributed by atoms with E-state index in [0.29, 0.717) is 0 Å². The number of likely N-dealkylation sites (tertiary alicyclic amines) is 1. The molecule has 3 rings (SSSR count). The summed E-state index contributed by atoms with van der Waals surface area (Å²) in [6.07, 6.45) is -2.33. The van der Waals surface area contributed by atoms with Gasteiger partial charge in [-0.2, -0.15) is 13.2 Å². The summed E-state index contributed by atoms with van der Waals surface area (Å²) in [6, 6.07) is 12.0. The molecule has 1 unspecified atom stereocenters. The molecule has 1 aliphatic rings. The van der Waals surface area contributed by atoms with E-state index in [1.807, 2.05) is 24.3 Å². The van der Waals surface area contributed by atoms with Gasteiger partial charge in [0, 0.05) is 17.7 Å². The summed E-state index contributed by atoms with van der Waals surface area (Å²) in [4.78, 5) is 14.8. The summed E-state index contributed by atoms with van der Waals surface area (Å²) in [7, 11) is 1.60. The summed E-state index contributed by atoms with van der Waals surface area (Å²) in [6.45, 7) is 2.10. The molecule has 1 heterocycles. The fourth-order valence-corrected chi connectivity index (χ4v) is 3.56. The number of ether oxygens (including phenoxy) is 1. The molecule has 150 valence electrons. The second kappa shape index (κ2) is 8.65. The lowest BCUT2D eigenvalue weighted by Crippen LogP contribution is -2.37. The van der Waals surface area contributed by atoms with E-state index in [9.17, 15) is 18.0 Å². The number of methoxy groups -OCH3 is 1. The van der Waals surface area contributed by atoms with Crippen LogP contribution in [0.5, 0.6) is 5.75 Å². The summed E-state index contributed by atoms with van der Waals surface area (Å²) >= 11 is 0. The molecule has 0 aromatic heterocycles. The predicted octanol–water partition coefficient (Wildman–Crippen LogP) is 4.28. The molecule has 0 spiro atoms. The number of hydrogen-bond acceptors (Lipinski definition) is 3. The van der Waals surface area contributed by atoms with Gasteiger partial charge in [0.15, 0.2) is 0 Å². The van der Waals surface area contributed by atoms with Crippen LogP contribution in [0.2, 0.25) is 0 Å². The maximum Gasteiger partial charge on any atom is 0.416 e. The minimum atomic E-state index is -4.48. The smallest absolute Gasteiger partial charge is 0.416 e. The van der Waals surface area contributed by atoms with Crippen molar-refractivity contribution in [3.8, 4) is 5.75 Å². The summed E-state index contributed by atoms with van der Waals surface area (Å²) in [5, 5.41) is 2.80. The van der Waals surface area contributed by atoms with E-state index < -0.39 is 17.6 Å². The van der Waals surface area contributed by atoms with Crippen LogP contribution in [-0.4, -0.2) is 37.6 Å². The molecule has 7 heteroatoms. The van der Waals surface area contributed by atoms with Gasteiger partial charge in [0.1, 0.15) is 5.75 Å². The van der Waals surface area contributed by atoms with Gasteiger partial charge in [-0.05, 0) is 50.2 Å². The number of carbonyl (C=O) groups excluding carboxylic acids is 1. The molecule has 0 saturated carbocycles. The SMILES string of the molecule is COc1ccccc1C(CNC(=O)c1cccc(C(F)(F)F)c1)N1CCCC1. The zero-order valence-electron chi connectivity index (χ0n) is 15.6. The van der Waals surface area contributed by atoms with E-state index in [-0.39, 0.29) is 18.2 Å². The Labute approximate surface area is 162 Å². The monoisotopic (exact) mass is 392 g/mol. The Hall–Kier alpha value is -2.54. The average Bonchev–Trinajstić information content (AvgIpc) is 3.22. The number of benzene rings is 2. The fraction of sp³-hybridized carbons (Fsp3) is 0.381. The number of carbonyl (C=O) groups is 1. The van der Waals surface area contributed by atoms with Crippen molar-refractivity contribution in [2.75, 3.05) is 26.7 Å². The zero-order chi connectivity index (χ0) is 20.1. The molecule has 0 aliphatic carbocycles. The molecule has 1 fully saturated rings. The third kappa shape index (κ3) is 4.65. The molecule has 1 N–H and O–H groups in total. The Morgan fingerprint density at radius 1 is 1.14 bits per heavy atom. The second-order valence-corrected chi connectivity index (χ2v) is 6.79. The molecule has 2 aromatic rings. The predicted molar refractivity (Wildman–Crippen MR) is 100 cm³/mol. The van der Waals surface area contributed by atoms with Gasteiger partial charge in [-0.15, -0.1) is 0 Å². The molecule has 0 bridgehead atoms. The minimum absolute atomic E-state index is 0.00461. The van der Waals surface area contributed by atoms with Gasteiger partial charge in [0.2, 0.25) is 0 Å². The molecular formula is C21H23F3N2O2. The third-order valence-electron chi connectivity index (χ3n) is 4.99. The van der Waals surface area contributed by atoms with Crippen LogP contribution in [0.25, 0.3) is 0 Å². The van der Waals surface area contributed by atoms with Gasteiger partial charge in [-0.3, -0.25) is 9.69 Å². The molecule has 1 saturated heterocycles. The topological polar surface area (TPSA) is 41.6 Å². The summed E-state index contributed by atoms with van der Waals surface area (Å²) in [5.41, 5.74) is 0.118. The third-order valence-corrected chi connectivity index (χ3v) is 4.99. The molecule has 1 atom stereocenters. The Balaban J connectivity index is 1.78. The molecule has 4 nitrogen and oxygen atoms in total. The van der Waals surface area contributed by atoms with Crippen LogP contribution in [0, 0.1) is 0 Å². The number of nitrogens with zero attached hydrogens (tertiary/aromatic N) is 1. The molecule has 28 heavy (non-hydrogen) atoms. The van der Waals surface area contributed by atoms with Gasteiger partial charge >= 0.3 is 6.18 Å². The van der Waals surface area contributed by atoms with E-state index in [2.05, 4.69) is 10.2 Å². The Morgan fingerprint density at radius 2 is 1.86 bits per heavy atom. The van der Waals surface area contributed by atoms with Crippen molar-refractivity contribution < 1.29 is 22.7 Å². The minimum Gasteiger partial charge on any atom is -0.496 e. The maximum atomic E-state index is 12.9. The van der Waals surface area contributed by atoms with Crippen LogP contribution in [0.1, 0.15) is 40.4 Å². The number of nitrogens with one attached hydrogen (secondary N) is 1. The van der Waals surface area contributed by atoms with E-state index in [4.69, 9.17) is 4.74 Å². The average molecular weight is 392 g/mol. The fourth-order valence-electron chi connectivity index (χ4n) is 3.56. The van der Waals surface area contributed by atoms with Crippen LogP contribution >= 0.6 is 0 Å². The Bertz CT molecular complexity index is 817. The van der Waals surface area contributed by atoms with Gasteiger partial charge in [-0.25, -0.2) is 0 Å². The molecular weight excluding hydrogens is 369 g/mol. The van der Waals surface area contributed by atoms with Crippen molar-refractivity contribution in [3.05, 3.63) is 65.2 Å². The highest BCUT2D eigenvalue weighted by Crippen LogP contribution is 2.32. The lowest BCUT2D eigenvalue weighted by molar-refractivity contribution is -0.137. The first-order chi connectivity index (χ1) is 13.4. The van der Waals surface area contributed by atoms with Crippen LogP contribution in [0.3, 0.4) is 0 Å². The van der Waals surface area contributed by atoms with Gasteiger partial charge in [0.05, 0.1) is 18.7 Å². The van der Waals surface area contributed by atoms with Crippen molar-refractivity contribution >= 4 is 5.91 Å². The molecule has 1 amide bonds. The number of amides is 1. The summed E-state index contributed by atoms with van der Waals surface area (Å²) in [5.74, 6) is 0.206. The number of halogens is 3. The molecule has 2 aromatic carbocycles.